The number of rotatable bonds is 6. The monoisotopic (exact) mass is 401 g/mol. The minimum absolute atomic E-state index is 0.124. The molecule has 4 rings (SSSR count). The van der Waals surface area contributed by atoms with Gasteiger partial charge in [0.05, 0.1) is 5.56 Å². The summed E-state index contributed by atoms with van der Waals surface area (Å²) in [6, 6.07) is 6.31. The van der Waals surface area contributed by atoms with E-state index in [0.29, 0.717) is 24.4 Å². The summed E-state index contributed by atoms with van der Waals surface area (Å²) in [6.07, 6.45) is 9.28. The molecule has 0 radical (unpaired) electrons. The Kier molecular flexibility index (Phi) is 6.55. The molecule has 1 aromatic carbocycles. The Bertz CT molecular complexity index is 722. The molecule has 0 aliphatic carbocycles. The van der Waals surface area contributed by atoms with Crippen LogP contribution < -0.4 is 5.73 Å². The fourth-order valence-electron chi connectivity index (χ4n) is 6.09. The second kappa shape index (κ2) is 9.13. The highest BCUT2D eigenvalue weighted by Gasteiger charge is 2.45. The van der Waals surface area contributed by atoms with Gasteiger partial charge in [-0.1, -0.05) is 25.8 Å². The first-order chi connectivity index (χ1) is 14.1. The van der Waals surface area contributed by atoms with Crippen LogP contribution in [0.4, 0.5) is 4.39 Å². The average molecular weight is 402 g/mol. The molecule has 3 saturated heterocycles. The zero-order chi connectivity index (χ0) is 20.4. The number of benzene rings is 1. The SMILES string of the molecule is CCC[C@H]1CCC[C@H]2[C@@H]3C[C@@H](CN(C(=O)c4cc(CCCN)ccc4F)C3)CN12. The molecule has 0 saturated carbocycles. The van der Waals surface area contributed by atoms with Crippen LogP contribution in [0.5, 0.6) is 0 Å². The van der Waals surface area contributed by atoms with Gasteiger partial charge >= 0.3 is 0 Å². The topological polar surface area (TPSA) is 49.6 Å². The third-order valence-electron chi connectivity index (χ3n) is 7.35. The van der Waals surface area contributed by atoms with E-state index in [1.807, 2.05) is 4.90 Å². The summed E-state index contributed by atoms with van der Waals surface area (Å²) in [5.74, 6) is 0.537. The molecule has 1 amide bonds. The van der Waals surface area contributed by atoms with Gasteiger partial charge in [0.1, 0.15) is 5.82 Å². The summed E-state index contributed by atoms with van der Waals surface area (Å²) in [5, 5.41) is 0. The van der Waals surface area contributed by atoms with Crippen LogP contribution in [-0.2, 0) is 6.42 Å². The molecular formula is C24H36FN3O. The average Bonchev–Trinajstić information content (AvgIpc) is 2.73. The lowest BCUT2D eigenvalue weighted by Crippen LogP contribution is -2.62. The number of aryl methyl sites for hydroxylation is 1. The Morgan fingerprint density at radius 1 is 1.24 bits per heavy atom. The maximum atomic E-state index is 14.5. The van der Waals surface area contributed by atoms with Crippen LogP contribution in [0.2, 0.25) is 0 Å². The first kappa shape index (κ1) is 20.8. The molecule has 3 heterocycles. The summed E-state index contributed by atoms with van der Waals surface area (Å²) in [7, 11) is 0. The number of nitrogens with zero attached hydrogens (tertiary/aromatic N) is 2. The van der Waals surface area contributed by atoms with Gasteiger partial charge in [-0.2, -0.15) is 0 Å². The van der Waals surface area contributed by atoms with Crippen molar-refractivity contribution in [1.82, 2.24) is 9.80 Å². The van der Waals surface area contributed by atoms with Crippen molar-refractivity contribution < 1.29 is 9.18 Å². The molecule has 160 valence electrons. The first-order valence-electron chi connectivity index (χ1n) is 11.6. The van der Waals surface area contributed by atoms with Gasteiger partial charge in [-0.05, 0) is 74.6 Å². The van der Waals surface area contributed by atoms with E-state index in [1.54, 1.807) is 12.1 Å². The van der Waals surface area contributed by atoms with Gasteiger partial charge in [0.25, 0.3) is 5.91 Å². The van der Waals surface area contributed by atoms with Crippen molar-refractivity contribution in [2.45, 2.75) is 70.4 Å². The predicted octanol–water partition coefficient (Wildman–Crippen LogP) is 3.83. The van der Waals surface area contributed by atoms with Crippen molar-refractivity contribution in [3.05, 3.63) is 35.1 Å². The molecule has 0 spiro atoms. The van der Waals surface area contributed by atoms with Gasteiger partial charge in [0.15, 0.2) is 0 Å². The number of piperidine rings is 3. The number of amides is 1. The summed E-state index contributed by atoms with van der Waals surface area (Å²) in [6.45, 7) is 5.54. The highest BCUT2D eigenvalue weighted by Crippen LogP contribution is 2.40. The normalized spacial score (nSPS) is 29.6. The lowest BCUT2D eigenvalue weighted by molar-refractivity contribution is -0.0519. The van der Waals surface area contributed by atoms with Crippen molar-refractivity contribution in [2.24, 2.45) is 17.6 Å². The highest BCUT2D eigenvalue weighted by molar-refractivity contribution is 5.94. The van der Waals surface area contributed by atoms with Gasteiger partial charge in [-0.3, -0.25) is 9.69 Å². The molecule has 4 atom stereocenters. The molecule has 4 nitrogen and oxygen atoms in total. The van der Waals surface area contributed by atoms with Crippen LogP contribution >= 0.6 is 0 Å². The van der Waals surface area contributed by atoms with E-state index in [4.69, 9.17) is 5.73 Å². The van der Waals surface area contributed by atoms with E-state index in [1.165, 1.54) is 44.6 Å². The zero-order valence-corrected chi connectivity index (χ0v) is 17.8. The van der Waals surface area contributed by atoms with Crippen LogP contribution in [0, 0.1) is 17.7 Å². The molecular weight excluding hydrogens is 365 g/mol. The number of likely N-dealkylation sites (tertiary alicyclic amines) is 1. The number of carbonyl (C=O) groups is 1. The fraction of sp³-hybridized carbons (Fsp3) is 0.708. The number of halogens is 1. The van der Waals surface area contributed by atoms with Crippen molar-refractivity contribution in [2.75, 3.05) is 26.2 Å². The van der Waals surface area contributed by atoms with Gasteiger partial charge < -0.3 is 10.6 Å². The van der Waals surface area contributed by atoms with Gasteiger partial charge in [0.2, 0.25) is 0 Å². The number of nitrogens with two attached hydrogens (primary N) is 1. The van der Waals surface area contributed by atoms with Crippen molar-refractivity contribution >= 4 is 5.91 Å². The van der Waals surface area contributed by atoms with Crippen molar-refractivity contribution in [3.63, 3.8) is 0 Å². The molecule has 29 heavy (non-hydrogen) atoms. The Morgan fingerprint density at radius 2 is 2.10 bits per heavy atom. The molecule has 3 aliphatic heterocycles. The maximum absolute atomic E-state index is 14.5. The Morgan fingerprint density at radius 3 is 2.90 bits per heavy atom. The Hall–Kier alpha value is -1.46. The van der Waals surface area contributed by atoms with Crippen LogP contribution in [0.25, 0.3) is 0 Å². The molecule has 0 aromatic heterocycles. The van der Waals surface area contributed by atoms with Crippen molar-refractivity contribution in [1.29, 1.82) is 0 Å². The fourth-order valence-corrected chi connectivity index (χ4v) is 6.09. The van der Waals surface area contributed by atoms with E-state index in [9.17, 15) is 9.18 Å². The van der Waals surface area contributed by atoms with E-state index in [-0.39, 0.29) is 11.5 Å². The van der Waals surface area contributed by atoms with Crippen LogP contribution in [0.3, 0.4) is 0 Å². The molecule has 5 heteroatoms. The smallest absolute Gasteiger partial charge is 0.256 e. The van der Waals surface area contributed by atoms with E-state index in [0.717, 1.165) is 44.1 Å². The van der Waals surface area contributed by atoms with Crippen LogP contribution in [-0.4, -0.2) is 54.0 Å². The van der Waals surface area contributed by atoms with Gasteiger partial charge in [-0.25, -0.2) is 4.39 Å². The third-order valence-corrected chi connectivity index (χ3v) is 7.35. The van der Waals surface area contributed by atoms with Crippen LogP contribution in [0.1, 0.15) is 67.8 Å². The van der Waals surface area contributed by atoms with E-state index < -0.39 is 5.82 Å². The molecule has 3 aliphatic rings. The second-order valence-electron chi connectivity index (χ2n) is 9.42. The summed E-state index contributed by atoms with van der Waals surface area (Å²) < 4.78 is 14.5. The standard InChI is InChI=1S/C24H36FN3O/c1-2-5-20-7-3-8-23-19-12-18(15-28(20)23)14-27(16-19)24(29)21-13-17(6-4-11-26)9-10-22(21)25/h9-10,13,18-20,23H,2-8,11-12,14-16,26H2,1H3/t18-,19+,20-,23-/m0/s1. The van der Waals surface area contributed by atoms with Gasteiger partial charge in [-0.15, -0.1) is 0 Å². The minimum Gasteiger partial charge on any atom is -0.338 e. The number of fused-ring (bicyclic) bond motifs is 4. The molecule has 2 bridgehead atoms. The zero-order valence-electron chi connectivity index (χ0n) is 17.8. The first-order valence-corrected chi connectivity index (χ1v) is 11.6. The van der Waals surface area contributed by atoms with E-state index >= 15 is 0 Å². The largest absolute Gasteiger partial charge is 0.338 e. The Balaban J connectivity index is 1.49. The molecule has 3 fully saturated rings. The van der Waals surface area contributed by atoms with E-state index in [2.05, 4.69) is 11.8 Å². The third kappa shape index (κ3) is 4.36. The highest BCUT2D eigenvalue weighted by atomic mass is 19.1. The Labute approximate surface area is 174 Å². The quantitative estimate of drug-likeness (QED) is 0.788. The number of hydrogen-bond donors (Lipinski definition) is 1. The molecule has 1 aromatic rings. The van der Waals surface area contributed by atoms with Gasteiger partial charge in [0, 0.05) is 31.7 Å². The molecule has 2 N–H and O–H groups in total. The second-order valence-corrected chi connectivity index (χ2v) is 9.42. The lowest BCUT2D eigenvalue weighted by atomic mass is 9.74. The maximum Gasteiger partial charge on any atom is 0.256 e. The predicted molar refractivity (Wildman–Crippen MR) is 114 cm³/mol. The summed E-state index contributed by atoms with van der Waals surface area (Å²) in [4.78, 5) is 18.0. The number of hydrogen-bond acceptors (Lipinski definition) is 3. The summed E-state index contributed by atoms with van der Waals surface area (Å²) >= 11 is 0. The van der Waals surface area contributed by atoms with Crippen LogP contribution in [0.15, 0.2) is 18.2 Å². The summed E-state index contributed by atoms with van der Waals surface area (Å²) in [5.41, 5.74) is 6.84. The lowest BCUT2D eigenvalue weighted by Gasteiger charge is -2.55. The molecule has 0 unspecified atom stereocenters. The minimum atomic E-state index is -0.399. The number of carbonyl (C=O) groups excluding carboxylic acids is 1. The van der Waals surface area contributed by atoms with Crippen molar-refractivity contribution in [3.8, 4) is 0 Å².